The number of benzene rings is 1. The fraction of sp³-hybridized carbons (Fsp3) is 0.235. The second-order valence-electron chi connectivity index (χ2n) is 6.39. The van der Waals surface area contributed by atoms with Gasteiger partial charge < -0.3 is 4.74 Å². The Morgan fingerprint density at radius 1 is 1.08 bits per heavy atom. The van der Waals surface area contributed by atoms with Crippen molar-refractivity contribution >= 4 is 31.8 Å². The van der Waals surface area contributed by atoms with Gasteiger partial charge in [0.1, 0.15) is 5.75 Å². The molecule has 0 spiro atoms. The normalized spacial score (nSPS) is 12.6. The van der Waals surface area contributed by atoms with Crippen LogP contribution in [0.5, 0.6) is 5.75 Å². The highest BCUT2D eigenvalue weighted by atomic mass is 31.1. The molecule has 0 aliphatic carbocycles. The van der Waals surface area contributed by atoms with Crippen molar-refractivity contribution in [1.29, 1.82) is 0 Å². The van der Waals surface area contributed by atoms with Gasteiger partial charge in [-0.1, -0.05) is 36.7 Å². The van der Waals surface area contributed by atoms with E-state index in [2.05, 4.69) is 23.5 Å². The lowest BCUT2D eigenvalue weighted by Crippen LogP contribution is -2.19. The maximum Gasteiger partial charge on any atom is 0.302 e. The maximum absolute atomic E-state index is 13.8. The minimum absolute atomic E-state index is 0.247. The molecule has 0 saturated heterocycles. The van der Waals surface area contributed by atoms with Crippen LogP contribution in [0.4, 0.5) is 8.78 Å². The number of ether oxygens (including phenoxy) is 1. The molecular formula is C17H19BF2N2OP2. The zero-order valence-corrected chi connectivity index (χ0v) is 16.6. The average Bonchev–Trinajstić information content (AvgIpc) is 2.83. The van der Waals surface area contributed by atoms with Crippen LogP contribution in [0.25, 0.3) is 16.6 Å². The Bertz CT molecular complexity index is 915. The topological polar surface area (TPSA) is 26.5 Å². The van der Waals surface area contributed by atoms with Gasteiger partial charge in [0, 0.05) is 13.1 Å². The highest BCUT2D eigenvalue weighted by Gasteiger charge is 2.30. The summed E-state index contributed by atoms with van der Waals surface area (Å²) in [5.74, 6) is -2.52. The van der Waals surface area contributed by atoms with Gasteiger partial charge in [0.2, 0.25) is 0 Å². The summed E-state index contributed by atoms with van der Waals surface area (Å²) in [5, 5.41) is 0. The van der Waals surface area contributed by atoms with Gasteiger partial charge in [-0.3, -0.25) is 4.40 Å². The van der Waals surface area contributed by atoms with Gasteiger partial charge in [-0.15, -0.1) is 0 Å². The standard InChI is InChI=1S/C17H19BF2N2OP2/c1-10-14-8-5-12(9-22(14)15(21-10)16(2,19)20)11-3-6-13(7-4-11)23-17(18,24)25/h3-9H,18,24-25H2,1-2H3. The first-order valence-electron chi connectivity index (χ1n) is 7.79. The van der Waals surface area contributed by atoms with Gasteiger partial charge in [0.05, 0.1) is 16.2 Å². The highest BCUT2D eigenvalue weighted by Crippen LogP contribution is 2.32. The van der Waals surface area contributed by atoms with Crippen molar-refractivity contribution in [1.82, 2.24) is 9.38 Å². The minimum atomic E-state index is -3.00. The summed E-state index contributed by atoms with van der Waals surface area (Å²) in [4.78, 5) is 3.60. The Hall–Kier alpha value is -1.51. The Morgan fingerprint density at radius 2 is 1.68 bits per heavy atom. The molecule has 0 N–H and O–H groups in total. The van der Waals surface area contributed by atoms with Crippen LogP contribution < -0.4 is 4.74 Å². The number of hydrogen-bond donors (Lipinski definition) is 0. The van der Waals surface area contributed by atoms with Gasteiger partial charge in [-0.2, -0.15) is 8.78 Å². The molecule has 8 heteroatoms. The minimum Gasteiger partial charge on any atom is -0.489 e. The van der Waals surface area contributed by atoms with Gasteiger partial charge in [-0.25, -0.2) is 4.98 Å². The maximum atomic E-state index is 13.8. The summed E-state index contributed by atoms with van der Waals surface area (Å²) in [6.45, 7) is 2.60. The number of aryl methyl sites for hydroxylation is 1. The average molecular weight is 378 g/mol. The number of imidazole rings is 1. The lowest BCUT2D eigenvalue weighted by Gasteiger charge is -2.21. The van der Waals surface area contributed by atoms with Crippen LogP contribution in [0.3, 0.4) is 0 Å². The predicted molar refractivity (Wildman–Crippen MR) is 106 cm³/mol. The molecule has 0 aliphatic rings. The molecule has 0 aliphatic heterocycles. The van der Waals surface area contributed by atoms with Gasteiger partial charge >= 0.3 is 5.92 Å². The molecule has 2 heterocycles. The van der Waals surface area contributed by atoms with Gasteiger partial charge in [0.15, 0.2) is 13.7 Å². The van der Waals surface area contributed by atoms with Crippen LogP contribution in [-0.4, -0.2) is 22.2 Å². The quantitative estimate of drug-likeness (QED) is 0.510. The predicted octanol–water partition coefficient (Wildman–Crippen LogP) is 3.79. The Morgan fingerprint density at radius 3 is 2.24 bits per heavy atom. The first-order chi connectivity index (χ1) is 11.5. The summed E-state index contributed by atoms with van der Waals surface area (Å²) in [6, 6.07) is 11.3. The molecule has 130 valence electrons. The second-order valence-corrected chi connectivity index (χ2v) is 9.35. The second kappa shape index (κ2) is 6.34. The number of pyridine rings is 1. The van der Waals surface area contributed by atoms with Crippen molar-refractivity contribution in [2.75, 3.05) is 0 Å². The molecule has 0 bridgehead atoms. The molecule has 3 rings (SSSR count). The zero-order chi connectivity index (χ0) is 18.4. The number of hydrogen-bond acceptors (Lipinski definition) is 2. The van der Waals surface area contributed by atoms with E-state index in [4.69, 9.17) is 4.74 Å². The lowest BCUT2D eigenvalue weighted by atomic mass is 10.1. The number of alkyl halides is 2. The summed E-state index contributed by atoms with van der Waals surface area (Å²) < 4.78 is 34.9. The van der Waals surface area contributed by atoms with Crippen molar-refractivity contribution in [3.63, 3.8) is 0 Å². The van der Waals surface area contributed by atoms with Crippen molar-refractivity contribution in [2.45, 2.75) is 24.8 Å². The van der Waals surface area contributed by atoms with E-state index in [1.807, 2.05) is 44.2 Å². The number of nitrogens with zero attached hydrogens (tertiary/aromatic N) is 2. The van der Waals surface area contributed by atoms with Crippen LogP contribution in [0, 0.1) is 6.92 Å². The van der Waals surface area contributed by atoms with E-state index in [0.717, 1.165) is 23.8 Å². The van der Waals surface area contributed by atoms with Gasteiger partial charge in [-0.05, 0) is 36.2 Å². The Balaban J connectivity index is 2.02. The first kappa shape index (κ1) is 18.3. The fourth-order valence-electron chi connectivity index (χ4n) is 2.69. The molecule has 2 unspecified atom stereocenters. The third-order valence-electron chi connectivity index (χ3n) is 3.74. The van der Waals surface area contributed by atoms with E-state index in [-0.39, 0.29) is 5.82 Å². The third-order valence-corrected chi connectivity index (χ3v) is 3.97. The molecule has 0 amide bonds. The lowest BCUT2D eigenvalue weighted by molar-refractivity contribution is 0.00712. The molecule has 2 aromatic heterocycles. The van der Waals surface area contributed by atoms with E-state index in [9.17, 15) is 8.78 Å². The highest BCUT2D eigenvalue weighted by molar-refractivity contribution is 7.43. The van der Waals surface area contributed by atoms with E-state index >= 15 is 0 Å². The first-order valence-corrected chi connectivity index (χ1v) is 8.94. The van der Waals surface area contributed by atoms with E-state index in [0.29, 0.717) is 11.2 Å². The summed E-state index contributed by atoms with van der Waals surface area (Å²) in [5.41, 5.74) is 3.02. The summed E-state index contributed by atoms with van der Waals surface area (Å²) in [7, 11) is 7.10. The van der Waals surface area contributed by atoms with E-state index in [1.54, 1.807) is 13.1 Å². The molecule has 3 nitrogen and oxygen atoms in total. The molecule has 3 aromatic rings. The third kappa shape index (κ3) is 4.02. The van der Waals surface area contributed by atoms with Crippen LogP contribution in [0.15, 0.2) is 42.6 Å². The van der Waals surface area contributed by atoms with Crippen LogP contribution in [-0.2, 0) is 5.92 Å². The summed E-state index contributed by atoms with van der Waals surface area (Å²) >= 11 is 0. The molecule has 0 radical (unpaired) electrons. The fourth-order valence-corrected chi connectivity index (χ4v) is 2.96. The van der Waals surface area contributed by atoms with Crippen LogP contribution in [0.2, 0.25) is 0 Å². The number of fused-ring (bicyclic) bond motifs is 1. The van der Waals surface area contributed by atoms with Crippen molar-refractivity contribution in [2.24, 2.45) is 0 Å². The number of rotatable bonds is 4. The van der Waals surface area contributed by atoms with Crippen LogP contribution in [0.1, 0.15) is 18.4 Å². The SMILES string of the molecule is BC(P)(P)Oc1ccc(-c2ccc3c(C)nc(C(C)(F)F)n3c2)cc1. The zero-order valence-electron chi connectivity index (χ0n) is 14.3. The largest absolute Gasteiger partial charge is 0.489 e. The molecule has 0 saturated carbocycles. The number of aromatic nitrogens is 2. The van der Waals surface area contributed by atoms with Crippen molar-refractivity contribution in [3.05, 3.63) is 54.1 Å². The van der Waals surface area contributed by atoms with Crippen molar-refractivity contribution in [3.8, 4) is 16.9 Å². The van der Waals surface area contributed by atoms with Crippen LogP contribution >= 0.6 is 18.5 Å². The molecular weight excluding hydrogens is 359 g/mol. The van der Waals surface area contributed by atoms with Crippen molar-refractivity contribution < 1.29 is 13.5 Å². The van der Waals surface area contributed by atoms with E-state index in [1.165, 1.54) is 4.40 Å². The molecule has 25 heavy (non-hydrogen) atoms. The number of halogens is 2. The smallest absolute Gasteiger partial charge is 0.302 e. The Kier molecular flexibility index (Phi) is 4.64. The van der Waals surface area contributed by atoms with E-state index < -0.39 is 10.9 Å². The monoisotopic (exact) mass is 378 g/mol. The molecule has 2 atom stereocenters. The Labute approximate surface area is 151 Å². The van der Waals surface area contributed by atoms with Gasteiger partial charge in [0.25, 0.3) is 0 Å². The molecule has 0 fully saturated rings. The molecule has 1 aromatic carbocycles. The summed E-state index contributed by atoms with van der Waals surface area (Å²) in [6.07, 6.45) is 1.70.